The second-order valence-electron chi connectivity index (χ2n) is 6.77. The van der Waals surface area contributed by atoms with Crippen LogP contribution in [0.2, 0.25) is 0 Å². The molecule has 1 aliphatic rings. The number of nitrogens with zero attached hydrogens (tertiary/aromatic N) is 4. The van der Waals surface area contributed by atoms with E-state index in [9.17, 15) is 9.18 Å². The lowest BCUT2D eigenvalue weighted by Crippen LogP contribution is -2.42. The van der Waals surface area contributed by atoms with Crippen LogP contribution in [0.25, 0.3) is 0 Å². The van der Waals surface area contributed by atoms with Gasteiger partial charge < -0.3 is 15.5 Å². The number of benzene rings is 1. The van der Waals surface area contributed by atoms with Crippen molar-refractivity contribution in [3.8, 4) is 5.75 Å². The maximum Gasteiger partial charge on any atom is 0.233 e. The number of amides is 1. The van der Waals surface area contributed by atoms with Gasteiger partial charge in [0.05, 0.1) is 5.75 Å². The fraction of sp³-hybridized carbons (Fsp3) is 0.526. The van der Waals surface area contributed by atoms with Crippen molar-refractivity contribution in [2.45, 2.75) is 56.8 Å². The molecule has 152 valence electrons. The van der Waals surface area contributed by atoms with Crippen LogP contribution < -0.4 is 10.6 Å². The van der Waals surface area contributed by atoms with Crippen LogP contribution in [0.5, 0.6) is 5.75 Å². The van der Waals surface area contributed by atoms with Gasteiger partial charge in [-0.3, -0.25) is 4.79 Å². The zero-order valence-corrected chi connectivity index (χ0v) is 16.8. The summed E-state index contributed by atoms with van der Waals surface area (Å²) in [7, 11) is 0. The Bertz CT molecular complexity index is 777. The molecule has 0 aliphatic heterocycles. The first kappa shape index (κ1) is 20.4. The summed E-state index contributed by atoms with van der Waals surface area (Å²) in [4.78, 5) is 14.6. The Morgan fingerprint density at radius 1 is 1.29 bits per heavy atom. The number of hydrogen-bond donors (Lipinski definition) is 1. The number of aromatic nitrogens is 3. The van der Waals surface area contributed by atoms with Gasteiger partial charge in [-0.1, -0.05) is 31.0 Å². The van der Waals surface area contributed by atoms with E-state index in [1.807, 2.05) is 11.8 Å². The molecule has 7 nitrogen and oxygen atoms in total. The third kappa shape index (κ3) is 5.15. The summed E-state index contributed by atoms with van der Waals surface area (Å²) in [6.07, 6.45) is 5.81. The van der Waals surface area contributed by atoms with Crippen LogP contribution in [0.1, 0.15) is 44.9 Å². The minimum Gasteiger partial charge on any atom is -0.486 e. The highest BCUT2D eigenvalue weighted by Gasteiger charge is 2.24. The van der Waals surface area contributed by atoms with Crippen molar-refractivity contribution >= 4 is 17.7 Å². The number of rotatable bonds is 8. The van der Waals surface area contributed by atoms with Crippen LogP contribution in [-0.2, 0) is 11.4 Å². The Balaban J connectivity index is 1.53. The molecule has 0 atom stereocenters. The molecule has 1 amide bonds. The Morgan fingerprint density at radius 2 is 2.00 bits per heavy atom. The second kappa shape index (κ2) is 9.77. The molecule has 0 saturated heterocycles. The second-order valence-corrected chi connectivity index (χ2v) is 7.71. The highest BCUT2D eigenvalue weighted by Crippen LogP contribution is 2.24. The smallest absolute Gasteiger partial charge is 0.233 e. The molecule has 1 fully saturated rings. The van der Waals surface area contributed by atoms with Gasteiger partial charge in [-0.25, -0.2) is 9.07 Å². The average Bonchev–Trinajstić information content (AvgIpc) is 3.07. The molecule has 1 aliphatic carbocycles. The molecule has 0 spiro atoms. The molecule has 3 rings (SSSR count). The maximum absolute atomic E-state index is 12.9. The van der Waals surface area contributed by atoms with Crippen LogP contribution in [0.4, 0.5) is 4.39 Å². The summed E-state index contributed by atoms with van der Waals surface area (Å²) in [5.41, 5.74) is 0. The molecule has 2 N–H and O–H groups in total. The normalized spacial score (nSPS) is 14.8. The Morgan fingerprint density at radius 3 is 2.68 bits per heavy atom. The molecule has 0 radical (unpaired) electrons. The summed E-state index contributed by atoms with van der Waals surface area (Å²) in [6.45, 7) is 2.84. The average molecular weight is 408 g/mol. The SMILES string of the molecule is CCN(C(=O)CSc1nnc(COc2ccc(F)cc2)n1N)C1CCCCC1. The lowest BCUT2D eigenvalue weighted by atomic mass is 9.94. The van der Waals surface area contributed by atoms with Crippen LogP contribution in [0.3, 0.4) is 0 Å². The topological polar surface area (TPSA) is 86.3 Å². The Labute approximate surface area is 168 Å². The predicted molar refractivity (Wildman–Crippen MR) is 106 cm³/mol. The molecule has 1 heterocycles. The molecule has 0 unspecified atom stereocenters. The molecule has 1 aromatic heterocycles. The molecule has 28 heavy (non-hydrogen) atoms. The van der Waals surface area contributed by atoms with E-state index in [0.29, 0.717) is 22.8 Å². The fourth-order valence-electron chi connectivity index (χ4n) is 3.42. The fourth-order valence-corrected chi connectivity index (χ4v) is 4.18. The van der Waals surface area contributed by atoms with Gasteiger partial charge in [-0.05, 0) is 44.0 Å². The first-order chi connectivity index (χ1) is 13.6. The van der Waals surface area contributed by atoms with E-state index < -0.39 is 0 Å². The lowest BCUT2D eigenvalue weighted by molar-refractivity contribution is -0.131. The number of ether oxygens (including phenoxy) is 1. The van der Waals surface area contributed by atoms with Crippen molar-refractivity contribution in [3.05, 3.63) is 35.9 Å². The summed E-state index contributed by atoms with van der Waals surface area (Å²) < 4.78 is 19.8. The van der Waals surface area contributed by atoms with Crippen LogP contribution >= 0.6 is 11.8 Å². The van der Waals surface area contributed by atoms with Crippen molar-refractivity contribution in [3.63, 3.8) is 0 Å². The van der Waals surface area contributed by atoms with Crippen molar-refractivity contribution in [1.29, 1.82) is 0 Å². The zero-order valence-electron chi connectivity index (χ0n) is 16.0. The highest BCUT2D eigenvalue weighted by molar-refractivity contribution is 7.99. The monoisotopic (exact) mass is 407 g/mol. The first-order valence-electron chi connectivity index (χ1n) is 9.58. The molecule has 0 bridgehead atoms. The van der Waals surface area contributed by atoms with E-state index in [1.165, 1.54) is 60.0 Å². The Hall–Kier alpha value is -2.29. The van der Waals surface area contributed by atoms with Crippen LogP contribution in [-0.4, -0.2) is 44.0 Å². The lowest BCUT2D eigenvalue weighted by Gasteiger charge is -2.33. The van der Waals surface area contributed by atoms with Gasteiger partial charge in [0.1, 0.15) is 18.2 Å². The van der Waals surface area contributed by atoms with Crippen LogP contribution in [0, 0.1) is 5.82 Å². The molecular formula is C19H26FN5O2S. The third-order valence-electron chi connectivity index (χ3n) is 4.92. The summed E-state index contributed by atoms with van der Waals surface area (Å²) in [6, 6.07) is 6.06. The largest absolute Gasteiger partial charge is 0.486 e. The summed E-state index contributed by atoms with van der Waals surface area (Å²) in [5, 5.41) is 8.54. The van der Waals surface area contributed by atoms with Gasteiger partial charge in [-0.2, -0.15) is 0 Å². The van der Waals surface area contributed by atoms with Crippen molar-refractivity contribution in [1.82, 2.24) is 19.8 Å². The van der Waals surface area contributed by atoms with Crippen molar-refractivity contribution in [2.75, 3.05) is 18.1 Å². The van der Waals surface area contributed by atoms with Gasteiger partial charge in [0.2, 0.25) is 11.1 Å². The van der Waals surface area contributed by atoms with E-state index in [1.54, 1.807) is 0 Å². The number of nitrogen functional groups attached to an aromatic ring is 1. The number of halogens is 1. The molecule has 9 heteroatoms. The van der Waals surface area contributed by atoms with E-state index in [-0.39, 0.29) is 24.1 Å². The summed E-state index contributed by atoms with van der Waals surface area (Å²) >= 11 is 1.28. The molecule has 1 saturated carbocycles. The molecular weight excluding hydrogens is 381 g/mol. The minimum absolute atomic E-state index is 0.103. The number of carbonyl (C=O) groups excluding carboxylic acids is 1. The first-order valence-corrected chi connectivity index (χ1v) is 10.6. The third-order valence-corrected chi connectivity index (χ3v) is 5.85. The summed E-state index contributed by atoms with van der Waals surface area (Å²) in [5.74, 6) is 7.03. The van der Waals surface area contributed by atoms with Gasteiger partial charge in [0, 0.05) is 12.6 Å². The zero-order chi connectivity index (χ0) is 19.9. The van der Waals surface area contributed by atoms with E-state index >= 15 is 0 Å². The standard InChI is InChI=1S/C19H26FN5O2S/c1-2-24(15-6-4-3-5-7-15)18(26)13-28-19-23-22-17(25(19)21)12-27-16-10-8-14(20)9-11-16/h8-11,15H,2-7,12-13,21H2,1H3. The molecule has 2 aromatic rings. The number of carbonyl (C=O) groups is 1. The quantitative estimate of drug-likeness (QED) is 0.535. The number of hydrogen-bond acceptors (Lipinski definition) is 6. The Kier molecular flexibility index (Phi) is 7.13. The van der Waals surface area contributed by atoms with Crippen molar-refractivity contribution in [2.24, 2.45) is 0 Å². The number of nitrogens with two attached hydrogens (primary N) is 1. The van der Waals surface area contributed by atoms with E-state index in [2.05, 4.69) is 10.2 Å². The van der Waals surface area contributed by atoms with Gasteiger partial charge in [-0.15, -0.1) is 10.2 Å². The maximum atomic E-state index is 12.9. The minimum atomic E-state index is -0.327. The highest BCUT2D eigenvalue weighted by atomic mass is 32.2. The van der Waals surface area contributed by atoms with Gasteiger partial charge in [0.25, 0.3) is 0 Å². The van der Waals surface area contributed by atoms with Gasteiger partial charge in [0.15, 0.2) is 5.82 Å². The van der Waals surface area contributed by atoms with Crippen molar-refractivity contribution < 1.29 is 13.9 Å². The van der Waals surface area contributed by atoms with Crippen LogP contribution in [0.15, 0.2) is 29.4 Å². The predicted octanol–water partition coefficient (Wildman–Crippen LogP) is 2.98. The van der Waals surface area contributed by atoms with Gasteiger partial charge >= 0.3 is 0 Å². The van der Waals surface area contributed by atoms with E-state index in [4.69, 9.17) is 10.6 Å². The van der Waals surface area contributed by atoms with E-state index in [0.717, 1.165) is 19.4 Å². The molecule has 1 aromatic carbocycles. The number of thioether (sulfide) groups is 1.